The second-order valence-electron chi connectivity index (χ2n) is 5.08. The zero-order chi connectivity index (χ0) is 16.8. The molecule has 5 heteroatoms. The molecular weight excluding hydrogens is 324 g/mol. The quantitative estimate of drug-likeness (QED) is 0.326. The van der Waals surface area contributed by atoms with Crippen molar-refractivity contribution in [2.45, 2.75) is 13.8 Å². The molecule has 0 fully saturated rings. The number of carbonyl (C=O) groups excluding carboxylic acids is 1. The highest BCUT2D eigenvalue weighted by Crippen LogP contribution is 2.21. The number of nitrogens with zero attached hydrogens (tertiary/aromatic N) is 1. The average molecular weight is 340 g/mol. The van der Waals surface area contributed by atoms with E-state index in [0.29, 0.717) is 0 Å². The van der Waals surface area contributed by atoms with Gasteiger partial charge in [0.05, 0.1) is 10.8 Å². The normalized spacial score (nSPS) is 10.4. The van der Waals surface area contributed by atoms with Crippen molar-refractivity contribution in [3.05, 3.63) is 58.7 Å². The number of thiol groups is 1. The lowest BCUT2D eigenvalue weighted by Gasteiger charge is -2.06. The van der Waals surface area contributed by atoms with E-state index in [1.807, 2.05) is 56.3 Å². The lowest BCUT2D eigenvalue weighted by Crippen LogP contribution is -2.01. The molecular formula is C18H16N2OS2. The SMILES string of the molecule is Cc1cc(N=C=S)ccc1/C=C/c1ccc(NC(=O)S)cc1C. The van der Waals surface area contributed by atoms with Crippen LogP contribution in [0.15, 0.2) is 41.4 Å². The molecule has 0 aromatic heterocycles. The van der Waals surface area contributed by atoms with Crippen molar-refractivity contribution in [2.24, 2.45) is 4.99 Å². The molecule has 1 amide bonds. The first kappa shape index (κ1) is 17.2. The number of hydrogen-bond donors (Lipinski definition) is 2. The van der Waals surface area contributed by atoms with Gasteiger partial charge in [-0.1, -0.05) is 36.9 Å². The molecule has 1 N–H and O–H groups in total. The summed E-state index contributed by atoms with van der Waals surface area (Å²) in [5.74, 6) is 0. The van der Waals surface area contributed by atoms with Crippen molar-refractivity contribution < 1.29 is 4.79 Å². The summed E-state index contributed by atoms with van der Waals surface area (Å²) >= 11 is 8.32. The first-order valence-corrected chi connectivity index (χ1v) is 7.82. The van der Waals surface area contributed by atoms with E-state index in [9.17, 15) is 4.79 Å². The van der Waals surface area contributed by atoms with E-state index < -0.39 is 0 Å². The summed E-state index contributed by atoms with van der Waals surface area (Å²) in [6, 6.07) is 11.6. The standard InChI is InChI=1S/C18H16N2OS2/c1-12-9-16(19-11-22)7-5-14(12)3-4-15-6-8-17(10-13(15)2)20-18(21)23/h3-10H,1-2H3,(H2,20,21,23)/b4-3+. The van der Waals surface area contributed by atoms with Gasteiger partial charge < -0.3 is 5.32 Å². The molecule has 0 saturated heterocycles. The fourth-order valence-electron chi connectivity index (χ4n) is 2.21. The molecule has 2 aromatic rings. The molecule has 0 spiro atoms. The van der Waals surface area contributed by atoms with Gasteiger partial charge in [0, 0.05) is 5.69 Å². The van der Waals surface area contributed by atoms with Gasteiger partial charge in [0.25, 0.3) is 5.24 Å². The van der Waals surface area contributed by atoms with Gasteiger partial charge in [0.1, 0.15) is 0 Å². The number of anilines is 1. The van der Waals surface area contributed by atoms with Gasteiger partial charge in [-0.3, -0.25) is 4.79 Å². The van der Waals surface area contributed by atoms with Crippen LogP contribution < -0.4 is 5.32 Å². The fourth-order valence-corrected chi connectivity index (χ4v) is 2.45. The van der Waals surface area contributed by atoms with E-state index in [1.165, 1.54) is 0 Å². The van der Waals surface area contributed by atoms with E-state index in [2.05, 4.69) is 46.4 Å². The lowest BCUT2D eigenvalue weighted by molar-refractivity contribution is 0.270. The topological polar surface area (TPSA) is 41.5 Å². The van der Waals surface area contributed by atoms with Crippen LogP contribution in [0.2, 0.25) is 0 Å². The van der Waals surface area contributed by atoms with Crippen LogP contribution in [-0.2, 0) is 0 Å². The predicted molar refractivity (Wildman–Crippen MR) is 104 cm³/mol. The van der Waals surface area contributed by atoms with E-state index in [-0.39, 0.29) is 5.24 Å². The van der Waals surface area contributed by atoms with Crippen LogP contribution in [0.25, 0.3) is 12.2 Å². The third-order valence-corrected chi connectivity index (χ3v) is 3.59. The third kappa shape index (κ3) is 4.89. The molecule has 0 unspecified atom stereocenters. The summed E-state index contributed by atoms with van der Waals surface area (Å²) in [6.45, 7) is 4.03. The predicted octanol–water partition coefficient (Wildman–Crippen LogP) is 5.67. The van der Waals surface area contributed by atoms with E-state index in [1.54, 1.807) is 0 Å². The van der Waals surface area contributed by atoms with Gasteiger partial charge in [-0.15, -0.1) is 0 Å². The number of thiocarbonyl (C=S) groups is 1. The van der Waals surface area contributed by atoms with Gasteiger partial charge in [0.2, 0.25) is 0 Å². The van der Waals surface area contributed by atoms with Crippen LogP contribution in [0.1, 0.15) is 22.3 Å². The van der Waals surface area contributed by atoms with E-state index >= 15 is 0 Å². The van der Waals surface area contributed by atoms with Crippen LogP contribution in [0.4, 0.5) is 16.2 Å². The summed E-state index contributed by atoms with van der Waals surface area (Å²) in [5.41, 5.74) is 5.92. The molecule has 2 aromatic carbocycles. The molecule has 0 atom stereocenters. The number of rotatable bonds is 4. The zero-order valence-electron chi connectivity index (χ0n) is 12.8. The van der Waals surface area contributed by atoms with Crippen LogP contribution in [0, 0.1) is 13.8 Å². The van der Waals surface area contributed by atoms with E-state index in [4.69, 9.17) is 0 Å². The van der Waals surface area contributed by atoms with Crippen molar-refractivity contribution >= 4 is 58.8 Å². The first-order chi connectivity index (χ1) is 11.0. The maximum Gasteiger partial charge on any atom is 0.280 e. The summed E-state index contributed by atoms with van der Waals surface area (Å²) < 4.78 is 0. The van der Waals surface area contributed by atoms with Gasteiger partial charge in [-0.05, 0) is 72.6 Å². The van der Waals surface area contributed by atoms with Crippen molar-refractivity contribution in [1.29, 1.82) is 0 Å². The molecule has 0 heterocycles. The van der Waals surface area contributed by atoms with Crippen molar-refractivity contribution in [1.82, 2.24) is 0 Å². The molecule has 116 valence electrons. The molecule has 0 aliphatic carbocycles. The number of benzene rings is 2. The Bertz CT molecular complexity index is 822. The highest BCUT2D eigenvalue weighted by Gasteiger charge is 2.01. The Balaban J connectivity index is 2.23. The summed E-state index contributed by atoms with van der Waals surface area (Å²) in [7, 11) is 0. The second kappa shape index (κ2) is 7.88. The Morgan fingerprint density at radius 3 is 2.26 bits per heavy atom. The minimum Gasteiger partial charge on any atom is -0.317 e. The highest BCUT2D eigenvalue weighted by atomic mass is 32.1. The molecule has 0 bridgehead atoms. The largest absolute Gasteiger partial charge is 0.317 e. The van der Waals surface area contributed by atoms with Crippen molar-refractivity contribution in [2.75, 3.05) is 5.32 Å². The summed E-state index contributed by atoms with van der Waals surface area (Å²) in [6.07, 6.45) is 4.10. The number of nitrogens with one attached hydrogen (secondary N) is 1. The van der Waals surface area contributed by atoms with Crippen molar-refractivity contribution in [3.8, 4) is 0 Å². The Kier molecular flexibility index (Phi) is 5.88. The molecule has 23 heavy (non-hydrogen) atoms. The monoisotopic (exact) mass is 340 g/mol. The average Bonchev–Trinajstić information content (AvgIpc) is 2.48. The number of aliphatic imine (C=N–C) groups is 1. The zero-order valence-corrected chi connectivity index (χ0v) is 14.5. The van der Waals surface area contributed by atoms with Crippen molar-refractivity contribution in [3.63, 3.8) is 0 Å². The summed E-state index contributed by atoms with van der Waals surface area (Å²) in [4.78, 5) is 14.9. The van der Waals surface area contributed by atoms with Gasteiger partial charge in [-0.25, -0.2) is 0 Å². The Morgan fingerprint density at radius 1 is 1.13 bits per heavy atom. The van der Waals surface area contributed by atoms with Crippen LogP contribution >= 0.6 is 24.8 Å². The smallest absolute Gasteiger partial charge is 0.280 e. The first-order valence-electron chi connectivity index (χ1n) is 6.97. The van der Waals surface area contributed by atoms with E-state index in [0.717, 1.165) is 33.6 Å². The number of amides is 1. The Hall–Kier alpha value is -2.20. The van der Waals surface area contributed by atoms with Crippen LogP contribution in [0.5, 0.6) is 0 Å². The number of aryl methyl sites for hydroxylation is 2. The van der Waals surface area contributed by atoms with Gasteiger partial charge in [-0.2, -0.15) is 4.99 Å². The molecule has 3 nitrogen and oxygen atoms in total. The maximum atomic E-state index is 11.0. The number of hydrogen-bond acceptors (Lipinski definition) is 3. The minimum atomic E-state index is -0.373. The fraction of sp³-hybridized carbons (Fsp3) is 0.111. The lowest BCUT2D eigenvalue weighted by atomic mass is 10.0. The molecule has 0 saturated carbocycles. The van der Waals surface area contributed by atoms with Gasteiger partial charge in [0.15, 0.2) is 0 Å². The van der Waals surface area contributed by atoms with Crippen LogP contribution in [0.3, 0.4) is 0 Å². The van der Waals surface area contributed by atoms with Gasteiger partial charge >= 0.3 is 0 Å². The highest BCUT2D eigenvalue weighted by molar-refractivity contribution is 7.96. The minimum absolute atomic E-state index is 0.373. The molecule has 0 aliphatic heterocycles. The molecule has 0 aliphatic rings. The molecule has 0 radical (unpaired) electrons. The number of carbonyl (C=O) groups is 1. The Morgan fingerprint density at radius 2 is 1.74 bits per heavy atom. The second-order valence-corrected chi connectivity index (χ2v) is 5.67. The maximum absolute atomic E-state index is 11.0. The molecule has 2 rings (SSSR count). The Labute approximate surface area is 146 Å². The van der Waals surface area contributed by atoms with Crippen LogP contribution in [-0.4, -0.2) is 10.4 Å². The third-order valence-electron chi connectivity index (χ3n) is 3.39. The summed E-state index contributed by atoms with van der Waals surface area (Å²) in [5, 5.41) is 4.65. The number of isothiocyanates is 1.